The molecule has 0 atom stereocenters. The summed E-state index contributed by atoms with van der Waals surface area (Å²) in [7, 11) is 0. The summed E-state index contributed by atoms with van der Waals surface area (Å²) in [6.45, 7) is 0. The van der Waals surface area contributed by atoms with Gasteiger partial charge in [-0.1, -0.05) is 24.3 Å². The quantitative estimate of drug-likeness (QED) is 0.254. The van der Waals surface area contributed by atoms with Gasteiger partial charge in [0.1, 0.15) is 10.6 Å². The Bertz CT molecular complexity index is 1210. The molecule has 0 spiro atoms. The number of carbonyl (C=O) groups excluding carboxylic acids is 1. The maximum absolute atomic E-state index is 13.8. The third-order valence-electron chi connectivity index (χ3n) is 4.10. The maximum atomic E-state index is 13.8. The van der Waals surface area contributed by atoms with Crippen LogP contribution in [-0.4, -0.2) is 10.9 Å². The first-order valence-corrected chi connectivity index (χ1v) is 8.97. The van der Waals surface area contributed by atoms with E-state index in [0.29, 0.717) is 10.6 Å². The molecule has 9 heteroatoms. The Labute approximate surface area is 164 Å². The van der Waals surface area contributed by atoms with Gasteiger partial charge in [-0.15, -0.1) is 11.3 Å². The lowest BCUT2D eigenvalue weighted by atomic mass is 10.1. The predicted octanol–water partition coefficient (Wildman–Crippen LogP) is 5.91. The van der Waals surface area contributed by atoms with E-state index >= 15 is 0 Å². The van der Waals surface area contributed by atoms with Crippen LogP contribution in [0.4, 0.5) is 27.6 Å². The minimum atomic E-state index is -2.32. The number of fused-ring (bicyclic) bond motifs is 1. The lowest BCUT2D eigenvalue weighted by Crippen LogP contribution is -2.19. The normalized spacial score (nSPS) is 11.1. The van der Waals surface area contributed by atoms with Crippen molar-refractivity contribution in [2.75, 3.05) is 5.32 Å². The van der Waals surface area contributed by atoms with Crippen molar-refractivity contribution >= 4 is 33.1 Å². The number of nitrogens with zero attached hydrogens (tertiary/aromatic N) is 1. The number of halogens is 5. The van der Waals surface area contributed by atoms with Gasteiger partial charge in [0.05, 0.1) is 10.2 Å². The number of nitrogens with one attached hydrogen (secondary N) is 1. The highest BCUT2D eigenvalue weighted by Gasteiger charge is 2.29. The number of hydrogen-bond acceptors (Lipinski definition) is 3. The Balaban J connectivity index is 1.68. The van der Waals surface area contributed by atoms with Gasteiger partial charge in [-0.3, -0.25) is 4.79 Å². The first-order valence-electron chi connectivity index (χ1n) is 8.15. The van der Waals surface area contributed by atoms with Crippen molar-refractivity contribution in [1.29, 1.82) is 0 Å². The van der Waals surface area contributed by atoms with Crippen molar-refractivity contribution in [2.24, 2.45) is 0 Å². The van der Waals surface area contributed by atoms with Gasteiger partial charge in [-0.05, 0) is 24.3 Å². The van der Waals surface area contributed by atoms with Crippen LogP contribution >= 0.6 is 11.3 Å². The van der Waals surface area contributed by atoms with Crippen molar-refractivity contribution in [1.82, 2.24) is 4.98 Å². The Kier molecular flexibility index (Phi) is 4.75. The van der Waals surface area contributed by atoms with Gasteiger partial charge in [0.2, 0.25) is 5.82 Å². The lowest BCUT2D eigenvalue weighted by molar-refractivity contribution is 0.101. The standard InChI is InChI=1S/C20H9F5N2OS/c21-14-13(15(22)17(24)18(25)16(14)23)19(28)26-10-5-3-4-9(8-10)20-27-11-6-1-2-7-12(11)29-20/h1-8H,(H,26,28). The molecule has 1 heterocycles. The number of carbonyl (C=O) groups is 1. The first kappa shape index (κ1) is 19.0. The average Bonchev–Trinajstić information content (AvgIpc) is 3.15. The molecule has 0 aliphatic heterocycles. The molecule has 1 aromatic heterocycles. The zero-order chi connectivity index (χ0) is 20.7. The fourth-order valence-electron chi connectivity index (χ4n) is 2.72. The van der Waals surface area contributed by atoms with Crippen molar-refractivity contribution in [2.45, 2.75) is 0 Å². The van der Waals surface area contributed by atoms with E-state index in [9.17, 15) is 26.7 Å². The van der Waals surface area contributed by atoms with Crippen LogP contribution < -0.4 is 5.32 Å². The van der Waals surface area contributed by atoms with Gasteiger partial charge in [0.25, 0.3) is 5.91 Å². The molecule has 3 nitrogen and oxygen atoms in total. The Morgan fingerprint density at radius 3 is 2.17 bits per heavy atom. The molecule has 3 aromatic carbocycles. The molecule has 29 heavy (non-hydrogen) atoms. The number of amides is 1. The van der Waals surface area contributed by atoms with Crippen molar-refractivity contribution in [3.63, 3.8) is 0 Å². The van der Waals surface area contributed by atoms with Crippen LogP contribution in [0.5, 0.6) is 0 Å². The van der Waals surface area contributed by atoms with Crippen LogP contribution in [0.2, 0.25) is 0 Å². The SMILES string of the molecule is O=C(Nc1cccc(-c2nc3ccccc3s2)c1)c1c(F)c(F)c(F)c(F)c1F. The molecule has 0 saturated heterocycles. The maximum Gasteiger partial charge on any atom is 0.261 e. The van der Waals surface area contributed by atoms with Gasteiger partial charge >= 0.3 is 0 Å². The van der Waals surface area contributed by atoms with E-state index in [4.69, 9.17) is 0 Å². The number of hydrogen-bond donors (Lipinski definition) is 1. The minimum absolute atomic E-state index is 0.107. The lowest BCUT2D eigenvalue weighted by Gasteiger charge is -2.10. The van der Waals surface area contributed by atoms with E-state index in [1.54, 1.807) is 12.1 Å². The molecule has 4 aromatic rings. The number of para-hydroxylation sites is 1. The first-order chi connectivity index (χ1) is 13.9. The van der Waals surface area contributed by atoms with Crippen LogP contribution in [0.3, 0.4) is 0 Å². The summed E-state index contributed by atoms with van der Waals surface area (Å²) < 4.78 is 68.4. The van der Waals surface area contributed by atoms with E-state index in [1.165, 1.54) is 23.5 Å². The summed E-state index contributed by atoms with van der Waals surface area (Å²) in [6, 6.07) is 13.6. The molecule has 0 saturated carbocycles. The van der Waals surface area contributed by atoms with E-state index in [0.717, 1.165) is 10.2 Å². The van der Waals surface area contributed by atoms with Crippen LogP contribution in [0.1, 0.15) is 10.4 Å². The highest BCUT2D eigenvalue weighted by Crippen LogP contribution is 2.31. The largest absolute Gasteiger partial charge is 0.322 e. The third-order valence-corrected chi connectivity index (χ3v) is 5.18. The molecule has 1 N–H and O–H groups in total. The molecule has 4 rings (SSSR count). The van der Waals surface area contributed by atoms with Gasteiger partial charge in [-0.2, -0.15) is 0 Å². The molecular formula is C20H9F5N2OS. The smallest absolute Gasteiger partial charge is 0.261 e. The molecule has 146 valence electrons. The topological polar surface area (TPSA) is 42.0 Å². The van der Waals surface area contributed by atoms with Crippen LogP contribution in [0.15, 0.2) is 48.5 Å². The number of aromatic nitrogens is 1. The molecule has 0 unspecified atom stereocenters. The van der Waals surface area contributed by atoms with Gasteiger partial charge < -0.3 is 5.32 Å². The Hall–Kier alpha value is -3.33. The second kappa shape index (κ2) is 7.25. The summed E-state index contributed by atoms with van der Waals surface area (Å²) in [5.74, 6) is -12.5. The summed E-state index contributed by atoms with van der Waals surface area (Å²) in [5.41, 5.74) is -0.0488. The molecule has 0 radical (unpaired) electrons. The van der Waals surface area contributed by atoms with Crippen LogP contribution in [-0.2, 0) is 0 Å². The van der Waals surface area contributed by atoms with E-state index in [1.807, 2.05) is 24.3 Å². The zero-order valence-corrected chi connectivity index (χ0v) is 15.1. The predicted molar refractivity (Wildman–Crippen MR) is 99.2 cm³/mol. The molecule has 0 fully saturated rings. The summed E-state index contributed by atoms with van der Waals surface area (Å²) in [6.07, 6.45) is 0. The minimum Gasteiger partial charge on any atom is -0.322 e. The zero-order valence-electron chi connectivity index (χ0n) is 14.3. The van der Waals surface area contributed by atoms with E-state index in [-0.39, 0.29) is 5.69 Å². The van der Waals surface area contributed by atoms with Crippen LogP contribution in [0.25, 0.3) is 20.8 Å². The third kappa shape index (κ3) is 3.33. The van der Waals surface area contributed by atoms with E-state index < -0.39 is 40.6 Å². The highest BCUT2D eigenvalue weighted by molar-refractivity contribution is 7.21. The Morgan fingerprint density at radius 2 is 1.48 bits per heavy atom. The fraction of sp³-hybridized carbons (Fsp3) is 0. The molecule has 0 aliphatic rings. The Morgan fingerprint density at radius 1 is 0.828 bits per heavy atom. The number of anilines is 1. The second-order valence-electron chi connectivity index (χ2n) is 5.97. The monoisotopic (exact) mass is 420 g/mol. The number of benzene rings is 3. The molecule has 0 aliphatic carbocycles. The average molecular weight is 420 g/mol. The second-order valence-corrected chi connectivity index (χ2v) is 7.00. The number of thiazole rings is 1. The van der Waals surface area contributed by atoms with Gasteiger partial charge in [-0.25, -0.2) is 26.9 Å². The number of rotatable bonds is 3. The highest BCUT2D eigenvalue weighted by atomic mass is 32.1. The summed E-state index contributed by atoms with van der Waals surface area (Å²) in [5, 5.41) is 2.80. The van der Waals surface area contributed by atoms with Crippen LogP contribution in [0, 0.1) is 29.1 Å². The molecule has 0 bridgehead atoms. The van der Waals surface area contributed by atoms with Crippen molar-refractivity contribution < 1.29 is 26.7 Å². The molecule has 1 amide bonds. The summed E-state index contributed by atoms with van der Waals surface area (Å²) in [4.78, 5) is 16.7. The fourth-order valence-corrected chi connectivity index (χ4v) is 3.69. The summed E-state index contributed by atoms with van der Waals surface area (Å²) >= 11 is 1.40. The molecular weight excluding hydrogens is 411 g/mol. The van der Waals surface area contributed by atoms with Crippen molar-refractivity contribution in [3.8, 4) is 10.6 Å². The van der Waals surface area contributed by atoms with Crippen molar-refractivity contribution in [3.05, 3.63) is 83.2 Å². The van der Waals surface area contributed by atoms with E-state index in [2.05, 4.69) is 10.3 Å². The van der Waals surface area contributed by atoms with Gasteiger partial charge in [0, 0.05) is 11.3 Å². The van der Waals surface area contributed by atoms with Gasteiger partial charge in [0.15, 0.2) is 23.3 Å².